The molecular formula is C29H25N3O6S2. The van der Waals surface area contributed by atoms with Gasteiger partial charge in [-0.25, -0.2) is 0 Å². The standard InChI is InChI=1S/C29H25N3O6S2/c1-35-20-8-4-5-9-22(20)38-26-19(27(33)31-14-7-6-10-25(31)30-26)17-24-28(34)32(29(39)40-24)15-13-18-11-12-21(36-2)23(16-18)37-3/h4-12,14,16-17H,13,15H2,1-3H3/b24-17+. The molecule has 2 aromatic carbocycles. The van der Waals surface area contributed by atoms with Gasteiger partial charge in [-0.15, -0.1) is 0 Å². The van der Waals surface area contributed by atoms with Crippen molar-refractivity contribution in [3.63, 3.8) is 0 Å². The van der Waals surface area contributed by atoms with Crippen molar-refractivity contribution < 1.29 is 23.7 Å². The fourth-order valence-electron chi connectivity index (χ4n) is 4.19. The van der Waals surface area contributed by atoms with Gasteiger partial charge >= 0.3 is 0 Å². The summed E-state index contributed by atoms with van der Waals surface area (Å²) in [5, 5.41) is 0. The Morgan fingerprint density at radius 2 is 1.60 bits per heavy atom. The quantitative estimate of drug-likeness (QED) is 0.203. The molecule has 1 fully saturated rings. The number of carbonyl (C=O) groups excluding carboxylic acids is 1. The van der Waals surface area contributed by atoms with E-state index in [1.165, 1.54) is 22.5 Å². The highest BCUT2D eigenvalue weighted by molar-refractivity contribution is 8.26. The van der Waals surface area contributed by atoms with Crippen molar-refractivity contribution in [3.05, 3.63) is 93.2 Å². The third-order valence-corrected chi connectivity index (χ3v) is 7.61. The number of para-hydroxylation sites is 2. The van der Waals surface area contributed by atoms with Gasteiger partial charge in [-0.2, -0.15) is 4.98 Å². The van der Waals surface area contributed by atoms with Crippen LogP contribution >= 0.6 is 24.0 Å². The zero-order valence-electron chi connectivity index (χ0n) is 22.0. The first kappa shape index (κ1) is 27.2. The number of methoxy groups -OCH3 is 3. The van der Waals surface area contributed by atoms with Gasteiger partial charge in [0.25, 0.3) is 11.5 Å². The van der Waals surface area contributed by atoms with Crippen LogP contribution in [0.15, 0.2) is 76.6 Å². The van der Waals surface area contributed by atoms with E-state index < -0.39 is 0 Å². The van der Waals surface area contributed by atoms with Crippen LogP contribution in [0.3, 0.4) is 0 Å². The Morgan fingerprint density at radius 3 is 2.35 bits per heavy atom. The van der Waals surface area contributed by atoms with Crippen LogP contribution in [0.4, 0.5) is 0 Å². The van der Waals surface area contributed by atoms with Crippen LogP contribution < -0.4 is 24.5 Å². The number of hydrogen-bond acceptors (Lipinski definition) is 9. The largest absolute Gasteiger partial charge is 0.493 e. The molecule has 0 saturated carbocycles. The second-order valence-corrected chi connectivity index (χ2v) is 10.3. The normalized spacial score (nSPS) is 14.2. The molecule has 3 heterocycles. The maximum atomic E-state index is 13.6. The van der Waals surface area contributed by atoms with Gasteiger partial charge in [-0.05, 0) is 54.5 Å². The molecule has 1 saturated heterocycles. The van der Waals surface area contributed by atoms with Crippen molar-refractivity contribution in [1.29, 1.82) is 0 Å². The van der Waals surface area contributed by atoms with Gasteiger partial charge < -0.3 is 18.9 Å². The molecule has 0 bridgehead atoms. The lowest BCUT2D eigenvalue weighted by atomic mass is 10.1. The Labute approximate surface area is 240 Å². The second kappa shape index (κ2) is 11.8. The smallest absolute Gasteiger partial charge is 0.269 e. The molecule has 0 N–H and O–H groups in total. The summed E-state index contributed by atoms with van der Waals surface area (Å²) in [5.41, 5.74) is 1.10. The number of thiocarbonyl (C=S) groups is 1. The Bertz CT molecular complexity index is 1700. The van der Waals surface area contributed by atoms with E-state index in [9.17, 15) is 9.59 Å². The molecule has 9 nitrogen and oxygen atoms in total. The number of rotatable bonds is 9. The molecule has 0 spiro atoms. The van der Waals surface area contributed by atoms with Crippen LogP contribution in [0.1, 0.15) is 11.1 Å². The summed E-state index contributed by atoms with van der Waals surface area (Å²) in [5.74, 6) is 1.85. The predicted octanol–water partition coefficient (Wildman–Crippen LogP) is 4.96. The monoisotopic (exact) mass is 575 g/mol. The number of carbonyl (C=O) groups is 1. The van der Waals surface area contributed by atoms with Crippen molar-refractivity contribution in [3.8, 4) is 28.9 Å². The highest BCUT2D eigenvalue weighted by Gasteiger charge is 2.32. The van der Waals surface area contributed by atoms with E-state index >= 15 is 0 Å². The first-order valence-electron chi connectivity index (χ1n) is 12.2. The van der Waals surface area contributed by atoms with Gasteiger partial charge in [-0.1, -0.05) is 48.2 Å². The fraction of sp³-hybridized carbons (Fsp3) is 0.172. The maximum absolute atomic E-state index is 13.6. The molecule has 0 aliphatic carbocycles. The van der Waals surface area contributed by atoms with Crippen molar-refractivity contribution >= 4 is 45.9 Å². The molecule has 4 aromatic rings. The first-order valence-corrected chi connectivity index (χ1v) is 13.4. The maximum Gasteiger partial charge on any atom is 0.269 e. The SMILES string of the molecule is COc1ccc(CCN2C(=O)/C(=C\c3c(Oc4ccccc4OC)nc4ccccn4c3=O)SC2=S)cc1OC. The molecule has 1 aliphatic rings. The van der Waals surface area contributed by atoms with Crippen LogP contribution in [0.2, 0.25) is 0 Å². The zero-order chi connectivity index (χ0) is 28.2. The summed E-state index contributed by atoms with van der Waals surface area (Å²) in [6.07, 6.45) is 3.65. The number of aromatic nitrogens is 2. The zero-order valence-corrected chi connectivity index (χ0v) is 23.6. The summed E-state index contributed by atoms with van der Waals surface area (Å²) in [4.78, 5) is 33.4. The van der Waals surface area contributed by atoms with Gasteiger partial charge in [0.1, 0.15) is 15.5 Å². The molecular weight excluding hydrogens is 550 g/mol. The summed E-state index contributed by atoms with van der Waals surface area (Å²) in [7, 11) is 4.68. The van der Waals surface area contributed by atoms with E-state index in [0.717, 1.165) is 17.3 Å². The Balaban J connectivity index is 1.47. The Morgan fingerprint density at radius 1 is 0.900 bits per heavy atom. The number of amides is 1. The second-order valence-electron chi connectivity index (χ2n) is 8.59. The number of nitrogens with zero attached hydrogens (tertiary/aromatic N) is 3. The predicted molar refractivity (Wildman–Crippen MR) is 158 cm³/mol. The van der Waals surface area contributed by atoms with Crippen LogP contribution in [-0.4, -0.2) is 52.4 Å². The molecule has 11 heteroatoms. The first-order chi connectivity index (χ1) is 19.4. The highest BCUT2D eigenvalue weighted by Crippen LogP contribution is 2.36. The van der Waals surface area contributed by atoms with E-state index in [4.69, 9.17) is 31.2 Å². The van der Waals surface area contributed by atoms with E-state index in [2.05, 4.69) is 4.98 Å². The van der Waals surface area contributed by atoms with Gasteiger partial charge in [0.05, 0.1) is 26.2 Å². The summed E-state index contributed by atoms with van der Waals surface area (Å²) >= 11 is 6.66. The Kier molecular flexibility index (Phi) is 8.04. The highest BCUT2D eigenvalue weighted by atomic mass is 32.2. The van der Waals surface area contributed by atoms with E-state index in [0.29, 0.717) is 50.8 Å². The van der Waals surface area contributed by atoms with Crippen molar-refractivity contribution in [2.45, 2.75) is 6.42 Å². The number of pyridine rings is 1. The molecule has 0 unspecified atom stereocenters. The minimum atomic E-state index is -0.383. The van der Waals surface area contributed by atoms with E-state index in [-0.39, 0.29) is 22.9 Å². The lowest BCUT2D eigenvalue weighted by Crippen LogP contribution is -2.30. The average molecular weight is 576 g/mol. The third kappa shape index (κ3) is 5.38. The van der Waals surface area contributed by atoms with Crippen LogP contribution in [0.25, 0.3) is 11.7 Å². The number of thioether (sulfide) groups is 1. The topological polar surface area (TPSA) is 91.6 Å². The summed E-state index contributed by atoms with van der Waals surface area (Å²) < 4.78 is 24.0. The van der Waals surface area contributed by atoms with Crippen LogP contribution in [-0.2, 0) is 11.2 Å². The van der Waals surface area contributed by atoms with Crippen molar-refractivity contribution in [2.24, 2.45) is 0 Å². The number of hydrogen-bond donors (Lipinski definition) is 0. The van der Waals surface area contributed by atoms with Crippen LogP contribution in [0, 0.1) is 0 Å². The Hall–Kier alpha value is -4.35. The van der Waals surface area contributed by atoms with E-state index in [1.54, 1.807) is 56.8 Å². The summed E-state index contributed by atoms with van der Waals surface area (Å²) in [6, 6.07) is 17.9. The fourth-order valence-corrected chi connectivity index (χ4v) is 5.48. The number of fused-ring (bicyclic) bond motifs is 1. The average Bonchev–Trinajstić information content (AvgIpc) is 3.25. The molecule has 40 heavy (non-hydrogen) atoms. The third-order valence-electron chi connectivity index (χ3n) is 6.23. The van der Waals surface area contributed by atoms with E-state index in [1.807, 2.05) is 24.3 Å². The van der Waals surface area contributed by atoms with Gasteiger partial charge in [0.15, 0.2) is 23.0 Å². The van der Waals surface area contributed by atoms with Crippen LogP contribution in [0.5, 0.6) is 28.9 Å². The minimum absolute atomic E-state index is 0.0521. The number of ether oxygens (including phenoxy) is 4. The van der Waals surface area contributed by atoms with Gasteiger partial charge in [-0.3, -0.25) is 18.9 Å². The molecule has 2 aromatic heterocycles. The molecule has 0 radical (unpaired) electrons. The molecule has 0 atom stereocenters. The summed E-state index contributed by atoms with van der Waals surface area (Å²) in [6.45, 7) is 0.358. The minimum Gasteiger partial charge on any atom is -0.493 e. The molecule has 1 amide bonds. The molecule has 204 valence electrons. The molecule has 1 aliphatic heterocycles. The lowest BCUT2D eigenvalue weighted by molar-refractivity contribution is -0.122. The van der Waals surface area contributed by atoms with Crippen molar-refractivity contribution in [1.82, 2.24) is 14.3 Å². The van der Waals surface area contributed by atoms with Crippen molar-refractivity contribution in [2.75, 3.05) is 27.9 Å². The lowest BCUT2D eigenvalue weighted by Gasteiger charge is -2.15. The van der Waals surface area contributed by atoms with Gasteiger partial charge in [0.2, 0.25) is 5.88 Å². The van der Waals surface area contributed by atoms with Gasteiger partial charge in [0, 0.05) is 12.7 Å². The number of benzene rings is 2. The molecule has 5 rings (SSSR count).